The van der Waals surface area contributed by atoms with E-state index in [0.29, 0.717) is 26.1 Å². The predicted octanol–water partition coefficient (Wildman–Crippen LogP) is 3.09. The molecule has 0 saturated heterocycles. The lowest BCUT2D eigenvalue weighted by atomic mass is 10.2. The number of ether oxygens (including phenoxy) is 2. The van der Waals surface area contributed by atoms with E-state index in [1.54, 1.807) is 19.2 Å². The van der Waals surface area contributed by atoms with Gasteiger partial charge in [0, 0.05) is 0 Å². The van der Waals surface area contributed by atoms with E-state index in [4.69, 9.17) is 20.9 Å². The Bertz CT molecular complexity index is 707. The molecule has 2 rings (SSSR count). The summed E-state index contributed by atoms with van der Waals surface area (Å²) < 4.78 is 12.1. The average molecular weight is 417 g/mol. The van der Waals surface area contributed by atoms with Crippen LogP contribution in [-0.4, -0.2) is 18.0 Å². The summed E-state index contributed by atoms with van der Waals surface area (Å²) in [5, 5.41) is 0. The summed E-state index contributed by atoms with van der Waals surface area (Å²) >= 11 is 6.72. The van der Waals surface area contributed by atoms with Crippen molar-refractivity contribution in [3.05, 3.63) is 38.9 Å². The number of halogens is 2. The molecule has 8 heteroatoms. The number of amides is 1. The van der Waals surface area contributed by atoms with Gasteiger partial charge in [-0.2, -0.15) is 0 Å². The summed E-state index contributed by atoms with van der Waals surface area (Å²) in [4.78, 5) is 15.4. The second-order valence-corrected chi connectivity index (χ2v) is 5.71. The Kier molecular flexibility index (Phi) is 4.69. The molecule has 2 aromatic rings. The molecule has 1 aromatic carbocycles. The molecule has 0 saturated carbocycles. The van der Waals surface area contributed by atoms with Crippen LogP contribution in [0.3, 0.4) is 0 Å². The lowest BCUT2D eigenvalue weighted by Crippen LogP contribution is -2.13. The Morgan fingerprint density at radius 1 is 1.19 bits per heavy atom. The number of carbonyl (C=O) groups is 1. The molecule has 0 fully saturated rings. The molecule has 1 amide bonds. The van der Waals surface area contributed by atoms with Crippen LogP contribution in [0.4, 0.5) is 5.69 Å². The van der Waals surface area contributed by atoms with Crippen LogP contribution in [0.1, 0.15) is 10.4 Å². The van der Waals surface area contributed by atoms with Crippen LogP contribution in [0.15, 0.2) is 33.3 Å². The predicted molar refractivity (Wildman–Crippen MR) is 85.6 cm³/mol. The molecule has 110 valence electrons. The summed E-state index contributed by atoms with van der Waals surface area (Å²) in [7, 11) is 1.56. The molecule has 4 N–H and O–H groups in total. The van der Waals surface area contributed by atoms with Crippen LogP contribution in [0.2, 0.25) is 0 Å². The highest BCUT2D eigenvalue weighted by atomic mass is 79.9. The van der Waals surface area contributed by atoms with Gasteiger partial charge in [0.1, 0.15) is 17.1 Å². The van der Waals surface area contributed by atoms with Crippen molar-refractivity contribution in [3.63, 3.8) is 0 Å². The van der Waals surface area contributed by atoms with E-state index in [-0.39, 0.29) is 11.4 Å². The van der Waals surface area contributed by atoms with Crippen molar-refractivity contribution in [3.8, 4) is 17.4 Å². The largest absolute Gasteiger partial charge is 0.496 e. The van der Waals surface area contributed by atoms with Crippen LogP contribution in [0, 0.1) is 0 Å². The molecule has 0 spiro atoms. The number of nitrogens with two attached hydrogens (primary N) is 2. The van der Waals surface area contributed by atoms with E-state index in [1.165, 1.54) is 12.3 Å². The maximum absolute atomic E-state index is 11.4. The highest BCUT2D eigenvalue weighted by molar-refractivity contribution is 9.11. The Hall–Kier alpha value is -1.80. The summed E-state index contributed by atoms with van der Waals surface area (Å²) in [6.07, 6.45) is 1.38. The van der Waals surface area contributed by atoms with Gasteiger partial charge in [-0.15, -0.1) is 0 Å². The van der Waals surface area contributed by atoms with Crippen LogP contribution in [0.5, 0.6) is 17.4 Å². The van der Waals surface area contributed by atoms with Gasteiger partial charge in [0.05, 0.1) is 27.9 Å². The number of benzene rings is 1. The summed E-state index contributed by atoms with van der Waals surface area (Å²) in [6.45, 7) is 0. The molecule has 1 aromatic heterocycles. The van der Waals surface area contributed by atoms with Gasteiger partial charge in [-0.05, 0) is 50.1 Å². The Labute approximate surface area is 137 Å². The maximum Gasteiger partial charge on any atom is 0.254 e. The quantitative estimate of drug-likeness (QED) is 0.797. The molecule has 0 radical (unpaired) electrons. The molecule has 0 unspecified atom stereocenters. The van der Waals surface area contributed by atoms with Crippen molar-refractivity contribution in [1.82, 2.24) is 4.98 Å². The first kappa shape index (κ1) is 15.6. The number of pyridine rings is 1. The number of anilines is 1. The van der Waals surface area contributed by atoms with Crippen molar-refractivity contribution < 1.29 is 14.3 Å². The summed E-state index contributed by atoms with van der Waals surface area (Å²) in [6, 6.07) is 4.82. The zero-order valence-electron chi connectivity index (χ0n) is 10.9. The molecule has 6 nitrogen and oxygen atoms in total. The van der Waals surface area contributed by atoms with Gasteiger partial charge in [-0.25, -0.2) is 4.98 Å². The lowest BCUT2D eigenvalue weighted by molar-refractivity contribution is 0.0997. The van der Waals surface area contributed by atoms with Crippen molar-refractivity contribution >= 4 is 43.5 Å². The molecule has 0 aliphatic rings. The molecular formula is C13H11Br2N3O3. The molecule has 0 bridgehead atoms. The number of nitrogen functional groups attached to an aromatic ring is 1. The summed E-state index contributed by atoms with van der Waals surface area (Å²) in [5.74, 6) is 0.486. The van der Waals surface area contributed by atoms with E-state index in [9.17, 15) is 4.79 Å². The van der Waals surface area contributed by atoms with Gasteiger partial charge in [0.15, 0.2) is 0 Å². The number of primary amides is 1. The van der Waals surface area contributed by atoms with Crippen LogP contribution in [0.25, 0.3) is 0 Å². The highest BCUT2D eigenvalue weighted by Crippen LogP contribution is 2.38. The minimum atomic E-state index is -0.673. The fraction of sp³-hybridized carbons (Fsp3) is 0.0769. The van der Waals surface area contributed by atoms with Crippen LogP contribution in [-0.2, 0) is 0 Å². The zero-order valence-corrected chi connectivity index (χ0v) is 14.1. The second-order valence-electron chi connectivity index (χ2n) is 4.00. The summed E-state index contributed by atoms with van der Waals surface area (Å²) in [5.41, 5.74) is 11.3. The number of nitrogens with zero attached hydrogens (tertiary/aromatic N) is 1. The van der Waals surface area contributed by atoms with Gasteiger partial charge in [-0.3, -0.25) is 4.79 Å². The third-order valence-electron chi connectivity index (χ3n) is 2.55. The highest BCUT2D eigenvalue weighted by Gasteiger charge is 2.15. The number of rotatable bonds is 4. The molecule has 0 aliphatic heterocycles. The minimum absolute atomic E-state index is 0.0782. The van der Waals surface area contributed by atoms with Gasteiger partial charge in [0.25, 0.3) is 5.91 Å². The number of methoxy groups -OCH3 is 1. The van der Waals surface area contributed by atoms with Crippen molar-refractivity contribution in [2.24, 2.45) is 5.73 Å². The van der Waals surface area contributed by atoms with E-state index in [2.05, 4.69) is 36.8 Å². The molecule has 1 heterocycles. The number of hydrogen-bond donors (Lipinski definition) is 2. The monoisotopic (exact) mass is 415 g/mol. The lowest BCUT2D eigenvalue weighted by Gasteiger charge is -2.12. The first-order chi connectivity index (χ1) is 9.92. The first-order valence-electron chi connectivity index (χ1n) is 5.68. The Morgan fingerprint density at radius 3 is 2.43 bits per heavy atom. The van der Waals surface area contributed by atoms with Gasteiger partial charge in [0.2, 0.25) is 5.88 Å². The topological polar surface area (TPSA) is 100 Å². The fourth-order valence-electron chi connectivity index (χ4n) is 1.58. The first-order valence-corrected chi connectivity index (χ1v) is 7.27. The van der Waals surface area contributed by atoms with Crippen LogP contribution >= 0.6 is 31.9 Å². The molecule has 0 atom stereocenters. The van der Waals surface area contributed by atoms with Crippen molar-refractivity contribution in [2.75, 3.05) is 12.8 Å². The smallest absolute Gasteiger partial charge is 0.254 e. The zero-order chi connectivity index (χ0) is 15.6. The van der Waals surface area contributed by atoms with E-state index in [1.807, 2.05) is 0 Å². The fourth-order valence-corrected chi connectivity index (χ4v) is 2.46. The third kappa shape index (κ3) is 3.45. The molecule has 0 aliphatic carbocycles. The normalized spacial score (nSPS) is 10.2. The van der Waals surface area contributed by atoms with E-state index < -0.39 is 5.91 Å². The van der Waals surface area contributed by atoms with Gasteiger partial charge in [-0.1, -0.05) is 0 Å². The van der Waals surface area contributed by atoms with E-state index >= 15 is 0 Å². The number of aromatic nitrogens is 1. The second kappa shape index (κ2) is 6.31. The Morgan fingerprint density at radius 2 is 1.81 bits per heavy atom. The van der Waals surface area contributed by atoms with Gasteiger partial charge < -0.3 is 20.9 Å². The SMILES string of the molecule is COc1cc(Br)c(Oc2ncc(N)cc2C(N)=O)cc1Br. The average Bonchev–Trinajstić information content (AvgIpc) is 2.44. The minimum Gasteiger partial charge on any atom is -0.496 e. The molecule has 21 heavy (non-hydrogen) atoms. The van der Waals surface area contributed by atoms with Crippen molar-refractivity contribution in [1.29, 1.82) is 0 Å². The van der Waals surface area contributed by atoms with Crippen LogP contribution < -0.4 is 20.9 Å². The van der Waals surface area contributed by atoms with E-state index in [0.717, 1.165) is 0 Å². The standard InChI is InChI=1S/C13H11Br2N3O3/c1-20-10-3-9(15)11(4-8(10)14)21-13-7(12(17)19)2-6(16)5-18-13/h2-5H,16H2,1H3,(H2,17,19). The Balaban J connectivity index is 2.43. The van der Waals surface area contributed by atoms with Crippen molar-refractivity contribution in [2.45, 2.75) is 0 Å². The van der Waals surface area contributed by atoms with Gasteiger partial charge >= 0.3 is 0 Å². The third-order valence-corrected chi connectivity index (χ3v) is 3.79. The number of hydrogen-bond acceptors (Lipinski definition) is 5. The number of carbonyl (C=O) groups excluding carboxylic acids is 1. The maximum atomic E-state index is 11.4. The molecular weight excluding hydrogens is 406 g/mol.